The van der Waals surface area contributed by atoms with Gasteiger partial charge in [-0.3, -0.25) is 4.68 Å². The zero-order valence-corrected chi connectivity index (χ0v) is 19.2. The van der Waals surface area contributed by atoms with Gasteiger partial charge in [-0.2, -0.15) is 18.3 Å². The number of phenols is 1. The van der Waals surface area contributed by atoms with Crippen molar-refractivity contribution in [3.63, 3.8) is 0 Å². The molecule has 2 saturated carbocycles. The van der Waals surface area contributed by atoms with Crippen LogP contribution >= 0.6 is 0 Å². The first kappa shape index (κ1) is 21.8. The summed E-state index contributed by atoms with van der Waals surface area (Å²) in [4.78, 5) is 4.53. The van der Waals surface area contributed by atoms with E-state index in [-0.39, 0.29) is 40.4 Å². The summed E-state index contributed by atoms with van der Waals surface area (Å²) < 4.78 is 60.1. The van der Waals surface area contributed by atoms with Crippen LogP contribution in [0.15, 0.2) is 12.1 Å². The summed E-state index contributed by atoms with van der Waals surface area (Å²) in [6.07, 6.45) is -3.00. The molecule has 1 unspecified atom stereocenters. The maximum Gasteiger partial charge on any atom is 0.417 e. The van der Waals surface area contributed by atoms with Crippen LogP contribution < -0.4 is 5.32 Å². The molecule has 0 amide bonds. The van der Waals surface area contributed by atoms with E-state index < -0.39 is 23.1 Å². The van der Waals surface area contributed by atoms with Crippen molar-refractivity contribution < 1.29 is 22.7 Å². The monoisotopic (exact) mass is 474 g/mol. The average molecular weight is 475 g/mol. The number of alkyl halides is 3. The topological polar surface area (TPSA) is 63.0 Å². The van der Waals surface area contributed by atoms with Crippen LogP contribution in [0.1, 0.15) is 67.1 Å². The lowest BCUT2D eigenvalue weighted by molar-refractivity contribution is -0.137. The molecule has 5 nitrogen and oxygen atoms in total. The molecule has 2 N–H and O–H groups in total. The molecule has 9 heteroatoms. The fourth-order valence-electron chi connectivity index (χ4n) is 5.82. The highest BCUT2D eigenvalue weighted by atomic mass is 19.4. The molecule has 180 valence electrons. The zero-order chi connectivity index (χ0) is 24.1. The van der Waals surface area contributed by atoms with Crippen LogP contribution in [0, 0.1) is 24.6 Å². The van der Waals surface area contributed by atoms with Crippen molar-refractivity contribution >= 4 is 10.9 Å². The number of piperidine rings is 1. The highest BCUT2D eigenvalue weighted by molar-refractivity contribution is 5.90. The standard InChI is InChI=1S/C25H26F4N4O/c1-10(2)21-18-23(17-15-8-30-9-16(15)17)32-33(12-4-5-12)24(18)20(26)22(31-21)14-7-13(34)6-11(3)19(14)25(27,28)29/h6-7,10,12,15-17,30,34H,4-5,8-9H2,1-3H3/t15-,16+,17?. The Morgan fingerprint density at radius 2 is 1.82 bits per heavy atom. The van der Waals surface area contributed by atoms with Crippen LogP contribution in [0.2, 0.25) is 0 Å². The molecule has 1 saturated heterocycles. The number of hydrogen-bond donors (Lipinski definition) is 2. The Morgan fingerprint density at radius 1 is 1.15 bits per heavy atom. The van der Waals surface area contributed by atoms with Gasteiger partial charge >= 0.3 is 6.18 Å². The Morgan fingerprint density at radius 3 is 2.41 bits per heavy atom. The quantitative estimate of drug-likeness (QED) is 0.479. The highest BCUT2D eigenvalue weighted by Crippen LogP contribution is 2.58. The number of fused-ring (bicyclic) bond motifs is 2. The van der Waals surface area contributed by atoms with Gasteiger partial charge < -0.3 is 10.4 Å². The summed E-state index contributed by atoms with van der Waals surface area (Å²) >= 11 is 0. The lowest BCUT2D eigenvalue weighted by Crippen LogP contribution is -2.14. The molecule has 3 aromatic rings. The van der Waals surface area contributed by atoms with Gasteiger partial charge in [0.25, 0.3) is 0 Å². The van der Waals surface area contributed by atoms with Crippen LogP contribution in [0.25, 0.3) is 22.2 Å². The summed E-state index contributed by atoms with van der Waals surface area (Å²) in [5.41, 5.74) is -0.338. The zero-order valence-electron chi connectivity index (χ0n) is 19.2. The Bertz CT molecular complexity index is 1320. The Labute approximate surface area is 194 Å². The highest BCUT2D eigenvalue weighted by Gasteiger charge is 2.56. The van der Waals surface area contributed by atoms with Gasteiger partial charge in [-0.25, -0.2) is 9.37 Å². The van der Waals surface area contributed by atoms with Gasteiger partial charge in [-0.1, -0.05) is 13.8 Å². The molecule has 0 radical (unpaired) electrons. The molecular formula is C25H26F4N4O. The molecule has 3 atom stereocenters. The first-order valence-electron chi connectivity index (χ1n) is 11.8. The van der Waals surface area contributed by atoms with Crippen LogP contribution in [0.5, 0.6) is 5.75 Å². The molecule has 6 rings (SSSR count). The van der Waals surface area contributed by atoms with Gasteiger partial charge in [0.15, 0.2) is 5.82 Å². The van der Waals surface area contributed by atoms with Crippen molar-refractivity contribution in [3.8, 4) is 17.0 Å². The lowest BCUT2D eigenvalue weighted by Gasteiger charge is -2.19. The molecule has 3 fully saturated rings. The van der Waals surface area contributed by atoms with E-state index in [1.165, 1.54) is 6.92 Å². The van der Waals surface area contributed by atoms with Gasteiger partial charge in [0.1, 0.15) is 17.0 Å². The van der Waals surface area contributed by atoms with Gasteiger partial charge in [0.2, 0.25) is 0 Å². The first-order chi connectivity index (χ1) is 16.1. The summed E-state index contributed by atoms with van der Waals surface area (Å²) in [5.74, 6) is -0.172. The third-order valence-electron chi connectivity index (χ3n) is 7.55. The van der Waals surface area contributed by atoms with Crippen molar-refractivity contribution in [1.29, 1.82) is 0 Å². The predicted molar refractivity (Wildman–Crippen MR) is 119 cm³/mol. The number of nitrogens with one attached hydrogen (secondary N) is 1. The Balaban J connectivity index is 1.67. The van der Waals surface area contributed by atoms with Crippen LogP contribution in [0.3, 0.4) is 0 Å². The molecule has 1 aliphatic heterocycles. The lowest BCUT2D eigenvalue weighted by atomic mass is 9.95. The number of hydrogen-bond acceptors (Lipinski definition) is 4. The van der Waals surface area contributed by atoms with E-state index in [1.54, 1.807) is 4.68 Å². The van der Waals surface area contributed by atoms with Crippen LogP contribution in [-0.2, 0) is 6.18 Å². The van der Waals surface area contributed by atoms with E-state index in [1.807, 2.05) is 13.8 Å². The minimum atomic E-state index is -4.73. The van der Waals surface area contributed by atoms with E-state index >= 15 is 4.39 Å². The van der Waals surface area contributed by atoms with Crippen molar-refractivity contribution in [1.82, 2.24) is 20.1 Å². The number of rotatable bonds is 4. The minimum Gasteiger partial charge on any atom is -0.508 e. The molecular weight excluding hydrogens is 448 g/mol. The molecule has 3 heterocycles. The summed E-state index contributed by atoms with van der Waals surface area (Å²) in [6, 6.07) is 2.05. The van der Waals surface area contributed by atoms with E-state index in [4.69, 9.17) is 5.10 Å². The largest absolute Gasteiger partial charge is 0.508 e. The van der Waals surface area contributed by atoms with Crippen molar-refractivity contribution in [2.45, 2.75) is 57.7 Å². The number of aromatic nitrogens is 3. The van der Waals surface area contributed by atoms with E-state index in [0.29, 0.717) is 22.9 Å². The average Bonchev–Trinajstić information content (AvgIpc) is 3.61. The van der Waals surface area contributed by atoms with E-state index in [2.05, 4.69) is 10.3 Å². The third kappa shape index (κ3) is 3.16. The molecule has 0 bridgehead atoms. The maximum absolute atomic E-state index is 16.3. The van der Waals surface area contributed by atoms with Gasteiger partial charge in [-0.05, 0) is 68.3 Å². The number of benzene rings is 1. The number of nitrogens with zero attached hydrogens (tertiary/aromatic N) is 3. The smallest absolute Gasteiger partial charge is 0.417 e. The van der Waals surface area contributed by atoms with Crippen LogP contribution in [-0.4, -0.2) is 33.0 Å². The van der Waals surface area contributed by atoms with Gasteiger partial charge in [0.05, 0.1) is 23.0 Å². The fraction of sp³-hybridized carbons (Fsp3) is 0.520. The summed E-state index contributed by atoms with van der Waals surface area (Å²) in [7, 11) is 0. The number of pyridine rings is 1. The molecule has 2 aromatic heterocycles. The van der Waals surface area contributed by atoms with Crippen molar-refractivity contribution in [3.05, 3.63) is 40.5 Å². The van der Waals surface area contributed by atoms with Gasteiger partial charge in [0, 0.05) is 16.9 Å². The first-order valence-corrected chi connectivity index (χ1v) is 11.8. The van der Waals surface area contributed by atoms with Crippen molar-refractivity contribution in [2.75, 3.05) is 13.1 Å². The number of phenolic OH excluding ortho intramolecular Hbond substituents is 1. The predicted octanol–water partition coefficient (Wildman–Crippen LogP) is 5.66. The number of aryl methyl sites for hydroxylation is 1. The molecule has 34 heavy (non-hydrogen) atoms. The minimum absolute atomic E-state index is 0.0470. The number of aromatic hydroxyl groups is 1. The second-order valence-electron chi connectivity index (χ2n) is 10.3. The second kappa shape index (κ2) is 7.16. The van der Waals surface area contributed by atoms with Gasteiger partial charge in [-0.15, -0.1) is 0 Å². The molecule has 3 aliphatic rings. The van der Waals surface area contributed by atoms with Crippen LogP contribution in [0.4, 0.5) is 17.6 Å². The maximum atomic E-state index is 16.3. The second-order valence-corrected chi connectivity index (χ2v) is 10.3. The molecule has 0 spiro atoms. The fourth-order valence-corrected chi connectivity index (χ4v) is 5.82. The van der Waals surface area contributed by atoms with E-state index in [0.717, 1.165) is 43.8 Å². The summed E-state index contributed by atoms with van der Waals surface area (Å²) in [5, 5.41) is 19.0. The molecule has 1 aromatic carbocycles. The van der Waals surface area contributed by atoms with Crippen molar-refractivity contribution in [2.24, 2.45) is 11.8 Å². The molecule has 2 aliphatic carbocycles. The Kier molecular flexibility index (Phi) is 4.60. The number of halogens is 4. The van der Waals surface area contributed by atoms with E-state index in [9.17, 15) is 18.3 Å². The third-order valence-corrected chi connectivity index (χ3v) is 7.55. The Hall–Kier alpha value is -2.68. The SMILES string of the molecule is Cc1cc(O)cc(-c2nc(C(C)C)c3c(C4[C@H]5CNC[C@@H]45)nn(C4CC4)c3c2F)c1C(F)(F)F. The normalized spacial score (nSPS) is 24.3. The summed E-state index contributed by atoms with van der Waals surface area (Å²) in [6.45, 7) is 6.88.